The molecule has 1 unspecified atom stereocenters. The lowest BCUT2D eigenvalue weighted by molar-refractivity contribution is -0.157. The Labute approximate surface area is 105 Å². The number of ketones is 2. The summed E-state index contributed by atoms with van der Waals surface area (Å²) in [6.07, 6.45) is 0. The number of esters is 1. The van der Waals surface area contributed by atoms with Crippen molar-refractivity contribution in [3.8, 4) is 0 Å². The molecule has 0 heterocycles. The van der Waals surface area contributed by atoms with E-state index in [1.807, 2.05) is 0 Å². The van der Waals surface area contributed by atoms with Gasteiger partial charge in [0.2, 0.25) is 11.6 Å². The second-order valence-electron chi connectivity index (χ2n) is 5.25. The van der Waals surface area contributed by atoms with Gasteiger partial charge in [-0.15, -0.1) is 0 Å². The topological polar surface area (TPSA) is 60.4 Å². The number of Topliss-reactive ketones (excluding diaryl/α,β-unsaturated/α-hetero) is 2. The molecule has 0 N–H and O–H groups in total. The molecule has 18 heavy (non-hydrogen) atoms. The second-order valence-corrected chi connectivity index (χ2v) is 5.25. The quantitative estimate of drug-likeness (QED) is 0.431. The maximum atomic E-state index is 12.0. The van der Waals surface area contributed by atoms with E-state index >= 15 is 0 Å². The molecule has 4 nitrogen and oxygen atoms in total. The minimum absolute atomic E-state index is 0.304. The highest BCUT2D eigenvalue weighted by Crippen LogP contribution is 2.32. The Morgan fingerprint density at radius 3 is 2.39 bits per heavy atom. The lowest BCUT2D eigenvalue weighted by Crippen LogP contribution is -2.30. The van der Waals surface area contributed by atoms with Gasteiger partial charge in [0.25, 0.3) is 0 Å². The maximum Gasteiger partial charge on any atom is 0.322 e. The van der Waals surface area contributed by atoms with E-state index in [4.69, 9.17) is 4.74 Å². The molecule has 94 valence electrons. The van der Waals surface area contributed by atoms with Gasteiger partial charge in [-0.3, -0.25) is 14.4 Å². The third-order valence-electron chi connectivity index (χ3n) is 2.64. The van der Waals surface area contributed by atoms with Gasteiger partial charge in [0, 0.05) is 5.56 Å². The highest BCUT2D eigenvalue weighted by molar-refractivity contribution is 6.52. The first-order valence-electron chi connectivity index (χ1n) is 5.71. The predicted molar refractivity (Wildman–Crippen MR) is 64.4 cm³/mol. The molecule has 0 spiro atoms. The molecule has 0 amide bonds. The molecule has 1 aliphatic rings. The van der Waals surface area contributed by atoms with Crippen molar-refractivity contribution in [3.05, 3.63) is 35.4 Å². The van der Waals surface area contributed by atoms with Crippen LogP contribution in [0.1, 0.15) is 42.6 Å². The van der Waals surface area contributed by atoms with Crippen LogP contribution in [0.2, 0.25) is 0 Å². The molecular formula is C14H14O4. The van der Waals surface area contributed by atoms with Crippen LogP contribution in [0.25, 0.3) is 0 Å². The summed E-state index contributed by atoms with van der Waals surface area (Å²) in [6.45, 7) is 5.16. The lowest BCUT2D eigenvalue weighted by atomic mass is 10.0. The standard InChI is InChI=1S/C14H14O4/c1-14(2,3)18-13(17)10-8-6-4-5-7-9(8)11(15)12(10)16/h4-7,10H,1-3H3. The number of hydrogen-bond donors (Lipinski definition) is 0. The Kier molecular flexibility index (Phi) is 2.81. The van der Waals surface area contributed by atoms with Crippen LogP contribution in [0, 0.1) is 0 Å². The Morgan fingerprint density at radius 2 is 1.78 bits per heavy atom. The van der Waals surface area contributed by atoms with Crippen molar-refractivity contribution in [1.82, 2.24) is 0 Å². The van der Waals surface area contributed by atoms with Crippen molar-refractivity contribution in [2.24, 2.45) is 0 Å². The van der Waals surface area contributed by atoms with E-state index in [2.05, 4.69) is 0 Å². The Bertz CT molecular complexity index is 537. The van der Waals surface area contributed by atoms with Gasteiger partial charge in [-0.05, 0) is 26.3 Å². The third-order valence-corrected chi connectivity index (χ3v) is 2.64. The van der Waals surface area contributed by atoms with Gasteiger partial charge in [0.15, 0.2) is 0 Å². The van der Waals surface area contributed by atoms with E-state index in [0.717, 1.165) is 0 Å². The van der Waals surface area contributed by atoms with Crippen LogP contribution in [0.3, 0.4) is 0 Å². The van der Waals surface area contributed by atoms with Gasteiger partial charge in [-0.1, -0.05) is 24.3 Å². The number of hydrogen-bond acceptors (Lipinski definition) is 4. The van der Waals surface area contributed by atoms with E-state index in [1.165, 1.54) is 0 Å². The monoisotopic (exact) mass is 246 g/mol. The summed E-state index contributed by atoms with van der Waals surface area (Å²) in [4.78, 5) is 35.5. The molecular weight excluding hydrogens is 232 g/mol. The van der Waals surface area contributed by atoms with E-state index in [1.54, 1.807) is 45.0 Å². The van der Waals surface area contributed by atoms with Gasteiger partial charge in [-0.25, -0.2) is 0 Å². The summed E-state index contributed by atoms with van der Waals surface area (Å²) in [6, 6.07) is 6.54. The first kappa shape index (κ1) is 12.5. The fourth-order valence-corrected chi connectivity index (χ4v) is 1.96. The molecule has 1 aliphatic carbocycles. The van der Waals surface area contributed by atoms with Gasteiger partial charge >= 0.3 is 5.97 Å². The predicted octanol–water partition coefficient (Wildman–Crippen LogP) is 1.88. The SMILES string of the molecule is CC(C)(C)OC(=O)C1C(=O)C(=O)c2ccccc21. The highest BCUT2D eigenvalue weighted by Gasteiger charge is 2.44. The summed E-state index contributed by atoms with van der Waals surface area (Å²) >= 11 is 0. The van der Waals surface area contributed by atoms with Crippen LogP contribution in [0.15, 0.2) is 24.3 Å². The number of ether oxygens (including phenoxy) is 1. The minimum atomic E-state index is -1.10. The van der Waals surface area contributed by atoms with Gasteiger partial charge in [0.05, 0.1) is 0 Å². The molecule has 1 atom stereocenters. The van der Waals surface area contributed by atoms with Crippen LogP contribution < -0.4 is 0 Å². The molecule has 0 aliphatic heterocycles. The Balaban J connectivity index is 2.38. The van der Waals surface area contributed by atoms with E-state index in [0.29, 0.717) is 11.1 Å². The second kappa shape index (κ2) is 4.05. The first-order chi connectivity index (χ1) is 8.31. The van der Waals surface area contributed by atoms with Gasteiger partial charge in [0.1, 0.15) is 11.5 Å². The van der Waals surface area contributed by atoms with Crippen molar-refractivity contribution in [1.29, 1.82) is 0 Å². The van der Waals surface area contributed by atoms with Gasteiger partial charge < -0.3 is 4.74 Å². The van der Waals surface area contributed by atoms with Crippen molar-refractivity contribution < 1.29 is 19.1 Å². The van der Waals surface area contributed by atoms with Crippen molar-refractivity contribution in [3.63, 3.8) is 0 Å². The molecule has 0 radical (unpaired) electrons. The highest BCUT2D eigenvalue weighted by atomic mass is 16.6. The van der Waals surface area contributed by atoms with Crippen molar-refractivity contribution >= 4 is 17.5 Å². The van der Waals surface area contributed by atoms with Crippen molar-refractivity contribution in [2.45, 2.75) is 32.3 Å². The number of rotatable bonds is 1. The van der Waals surface area contributed by atoms with Crippen LogP contribution in [-0.2, 0) is 14.3 Å². The first-order valence-corrected chi connectivity index (χ1v) is 5.71. The zero-order valence-electron chi connectivity index (χ0n) is 10.5. The minimum Gasteiger partial charge on any atom is -0.459 e. The summed E-state index contributed by atoms with van der Waals surface area (Å²) in [5, 5.41) is 0. The molecule has 1 aromatic rings. The molecule has 2 rings (SSSR count). The molecule has 1 aromatic carbocycles. The maximum absolute atomic E-state index is 12.0. The molecule has 0 fully saturated rings. The number of carbonyl (C=O) groups is 3. The largest absolute Gasteiger partial charge is 0.459 e. The van der Waals surface area contributed by atoms with Crippen LogP contribution in [0.5, 0.6) is 0 Å². The normalized spacial score (nSPS) is 18.7. The molecule has 0 aromatic heterocycles. The van der Waals surface area contributed by atoms with Crippen LogP contribution >= 0.6 is 0 Å². The summed E-state index contributed by atoms with van der Waals surface area (Å²) in [5.74, 6) is -3.08. The third kappa shape index (κ3) is 2.06. The Morgan fingerprint density at radius 1 is 1.17 bits per heavy atom. The number of benzene rings is 1. The fraction of sp³-hybridized carbons (Fsp3) is 0.357. The molecule has 4 heteroatoms. The average Bonchev–Trinajstić information content (AvgIpc) is 2.50. The molecule has 0 saturated carbocycles. The number of carbonyl (C=O) groups excluding carboxylic acids is 3. The average molecular weight is 246 g/mol. The Hall–Kier alpha value is -1.97. The van der Waals surface area contributed by atoms with E-state index < -0.39 is 29.1 Å². The summed E-state index contributed by atoms with van der Waals surface area (Å²) in [5.41, 5.74) is 0.0675. The van der Waals surface area contributed by atoms with Gasteiger partial charge in [-0.2, -0.15) is 0 Å². The summed E-state index contributed by atoms with van der Waals surface area (Å²) in [7, 11) is 0. The molecule has 0 saturated heterocycles. The van der Waals surface area contributed by atoms with E-state index in [-0.39, 0.29) is 0 Å². The fourth-order valence-electron chi connectivity index (χ4n) is 1.96. The van der Waals surface area contributed by atoms with E-state index in [9.17, 15) is 14.4 Å². The van der Waals surface area contributed by atoms with Crippen LogP contribution in [-0.4, -0.2) is 23.1 Å². The number of fused-ring (bicyclic) bond motifs is 1. The zero-order valence-corrected chi connectivity index (χ0v) is 10.5. The lowest BCUT2D eigenvalue weighted by Gasteiger charge is -2.21. The smallest absolute Gasteiger partial charge is 0.322 e. The molecule has 0 bridgehead atoms. The van der Waals surface area contributed by atoms with Crippen molar-refractivity contribution in [2.75, 3.05) is 0 Å². The zero-order chi connectivity index (χ0) is 13.5. The van der Waals surface area contributed by atoms with Crippen LogP contribution in [0.4, 0.5) is 0 Å². The summed E-state index contributed by atoms with van der Waals surface area (Å²) < 4.78 is 5.19.